The van der Waals surface area contributed by atoms with Crippen LogP contribution in [0.3, 0.4) is 0 Å². The summed E-state index contributed by atoms with van der Waals surface area (Å²) in [5.74, 6) is -3.71. The van der Waals surface area contributed by atoms with E-state index in [9.17, 15) is 90.4 Å². The van der Waals surface area contributed by atoms with Crippen LogP contribution in [-0.4, -0.2) is 320 Å². The predicted molar refractivity (Wildman–Crippen MR) is 334 cm³/mol. The maximum absolute atomic E-state index is 13.4. The van der Waals surface area contributed by atoms with Crippen molar-refractivity contribution in [3.8, 4) is 0 Å². The van der Waals surface area contributed by atoms with Crippen LogP contribution in [0.4, 0.5) is 0 Å². The number of amides is 5. The minimum atomic E-state index is -2.05. The molecular formula is C63H109N5O30. The van der Waals surface area contributed by atoms with Gasteiger partial charge < -0.3 is 150 Å². The lowest BCUT2D eigenvalue weighted by Gasteiger charge is -2.51. The van der Waals surface area contributed by atoms with E-state index in [1.54, 1.807) is 0 Å². The molecule has 0 aromatic rings. The lowest BCUT2D eigenvalue weighted by atomic mass is 9.93. The summed E-state index contributed by atoms with van der Waals surface area (Å²) in [5.41, 5.74) is 0. The van der Waals surface area contributed by atoms with Crippen LogP contribution in [0.1, 0.15) is 131 Å². The molecule has 0 saturated carbocycles. The molecule has 6 aliphatic heterocycles. The highest BCUT2D eigenvalue weighted by Crippen LogP contribution is 2.37. The largest absolute Gasteiger partial charge is 0.394 e. The van der Waals surface area contributed by atoms with Gasteiger partial charge in [-0.25, -0.2) is 0 Å². The number of ether oxygens (including phenoxy) is 12. The van der Waals surface area contributed by atoms with Gasteiger partial charge in [0, 0.05) is 41.2 Å². The van der Waals surface area contributed by atoms with Crippen molar-refractivity contribution in [1.82, 2.24) is 26.6 Å². The van der Waals surface area contributed by atoms with E-state index in [4.69, 9.17) is 56.8 Å². The van der Waals surface area contributed by atoms with Gasteiger partial charge in [-0.2, -0.15) is 0 Å². The average Bonchev–Trinajstić information content (AvgIpc) is 0.773. The quantitative estimate of drug-likeness (QED) is 0.0205. The molecule has 30 atom stereocenters. The zero-order chi connectivity index (χ0) is 72.1. The van der Waals surface area contributed by atoms with Gasteiger partial charge in [0.25, 0.3) is 0 Å². The zero-order valence-corrected chi connectivity index (χ0v) is 56.7. The Kier molecular flexibility index (Phi) is 34.6. The van der Waals surface area contributed by atoms with Crippen LogP contribution in [0.2, 0.25) is 0 Å². The number of allylic oxidation sites excluding steroid dienone is 2. The van der Waals surface area contributed by atoms with Crippen LogP contribution in [0.15, 0.2) is 12.2 Å². The molecule has 6 rings (SSSR count). The Hall–Kier alpha value is -3.91. The van der Waals surface area contributed by atoms with Gasteiger partial charge in [0.05, 0.1) is 39.1 Å². The summed E-state index contributed by atoms with van der Waals surface area (Å²) in [5, 5.41) is 158. The normalized spacial score (nSPS) is 40.0. The molecule has 0 radical (unpaired) electrons. The predicted octanol–water partition coefficient (Wildman–Crippen LogP) is -5.68. The number of rotatable bonds is 36. The minimum Gasteiger partial charge on any atom is -0.394 e. The lowest BCUT2D eigenvalue weighted by molar-refractivity contribution is -0.368. The van der Waals surface area contributed by atoms with E-state index in [0.717, 1.165) is 79.1 Å². The van der Waals surface area contributed by atoms with Gasteiger partial charge in [0.1, 0.15) is 140 Å². The van der Waals surface area contributed by atoms with Crippen molar-refractivity contribution in [3.05, 3.63) is 12.2 Å². The summed E-state index contributed by atoms with van der Waals surface area (Å²) in [6, 6.07) is -8.35. The highest BCUT2D eigenvalue weighted by atomic mass is 16.8. The molecule has 6 aliphatic rings. The Morgan fingerprint density at radius 1 is 0.388 bits per heavy atom. The number of aliphatic hydroxyl groups is 13. The van der Waals surface area contributed by atoms with Crippen LogP contribution in [0.5, 0.6) is 0 Å². The number of carbonyl (C=O) groups excluding carboxylic acids is 5. The lowest BCUT2D eigenvalue weighted by Crippen LogP contribution is -2.72. The summed E-state index contributed by atoms with van der Waals surface area (Å²) >= 11 is 0. The van der Waals surface area contributed by atoms with Crippen LogP contribution < -0.4 is 26.6 Å². The molecule has 0 aliphatic carbocycles. The molecule has 0 bridgehead atoms. The molecule has 0 aromatic heterocycles. The number of hydrogen-bond acceptors (Lipinski definition) is 30. The summed E-state index contributed by atoms with van der Waals surface area (Å²) < 4.78 is 71.9. The highest BCUT2D eigenvalue weighted by Gasteiger charge is 2.58. The van der Waals surface area contributed by atoms with E-state index < -0.39 is 246 Å². The molecule has 5 amide bonds. The molecule has 18 N–H and O–H groups in total. The van der Waals surface area contributed by atoms with Crippen molar-refractivity contribution < 1.29 is 147 Å². The third-order valence-electron chi connectivity index (χ3n) is 18.3. The number of nitrogens with one attached hydrogen (secondary N) is 5. The standard InChI is InChI=1S/C63H109N5O30/c1-8-9-10-11-12-13-14-15-16-17-18-19-20-21-22-23-39(77)68-41-47(80)46(79)34(24-69)91-59(41)95-53-35(25-70)92-60(42(49(53)82)65-31(4)74)96-54-36(26-71)93-61(43(50(54)83)66-32(5)75)97-55-37(27-72)94-62(44(51(55)84)67-33(6)76)98-56-38(90-58(86)40(48(56)81)64-30(3)73)28-88-63-57(87-7)52(85)45(78)29(2)89-63/h13-14,29,34-38,40-63,69-72,78-86H,8-12,15-28H2,1-7H3,(H,64,73)(H,65,74)(H,66,75)(H,67,76)(H,68,77)/t29?,34?,35?,36?,37?,38?,40?,41?,42?,43?,44?,45-,46-,47-,48-,49-,50-,51-,52?,53-,54-,55-,56-,57-,58-,59+,60+,61+,62+,63-/m1/s1. The first kappa shape index (κ1) is 83.0. The Labute approximate surface area is 569 Å². The van der Waals surface area contributed by atoms with Crippen molar-refractivity contribution in [3.63, 3.8) is 0 Å². The summed E-state index contributed by atoms with van der Waals surface area (Å²) in [6.07, 6.45) is -24.7. The van der Waals surface area contributed by atoms with Crippen molar-refractivity contribution in [2.24, 2.45) is 0 Å². The van der Waals surface area contributed by atoms with Crippen LogP contribution in [0.25, 0.3) is 0 Å². The van der Waals surface area contributed by atoms with E-state index >= 15 is 0 Å². The van der Waals surface area contributed by atoms with Gasteiger partial charge in [-0.3, -0.25) is 24.0 Å². The molecule has 0 spiro atoms. The van der Waals surface area contributed by atoms with E-state index in [1.165, 1.54) is 39.7 Å². The van der Waals surface area contributed by atoms with Crippen molar-refractivity contribution >= 4 is 29.5 Å². The highest BCUT2D eigenvalue weighted by molar-refractivity contribution is 5.76. The second-order valence-corrected chi connectivity index (χ2v) is 25.9. The number of methoxy groups -OCH3 is 1. The minimum absolute atomic E-state index is 0.0169. The number of hydrogen-bond donors (Lipinski definition) is 18. The second kappa shape index (κ2) is 40.8. The molecule has 98 heavy (non-hydrogen) atoms. The summed E-state index contributed by atoms with van der Waals surface area (Å²) in [4.78, 5) is 64.5. The maximum Gasteiger partial charge on any atom is 0.220 e. The van der Waals surface area contributed by atoms with Gasteiger partial charge in [0.15, 0.2) is 37.7 Å². The van der Waals surface area contributed by atoms with E-state index in [1.807, 2.05) is 0 Å². The molecule has 6 fully saturated rings. The monoisotopic (exact) mass is 1420 g/mol. The van der Waals surface area contributed by atoms with Gasteiger partial charge in [-0.05, 0) is 39.0 Å². The molecule has 0 aromatic carbocycles. The fourth-order valence-electron chi connectivity index (χ4n) is 13.0. The van der Waals surface area contributed by atoms with Crippen LogP contribution in [0, 0.1) is 0 Å². The zero-order valence-electron chi connectivity index (χ0n) is 56.7. The SMILES string of the molecule is CCCCCCC=CCCCCCCCCCC(=O)NC1[C@H](O[C@@H]2C(CO)O[C@@H](O[C@@H]3C(CO)O[C@@H](O[C@@H]4C(CO)O[C@@H](O[C@@H]5C(CO[C@@H]6OC(C)[C@@H](O)C(O)[C@H]6OC)O[C@@H](O)C(NC(C)=O)[C@H]5O)C(NC(C)=O)[C@H]4O)C(NC(C)=O)[C@H]3O)C(NC(C)=O)[C@H]2O)OC(CO)[C@@H](O)[C@@H]1O. The van der Waals surface area contributed by atoms with E-state index in [0.29, 0.717) is 6.42 Å². The van der Waals surface area contributed by atoms with Gasteiger partial charge in [-0.15, -0.1) is 0 Å². The van der Waals surface area contributed by atoms with E-state index in [2.05, 4.69) is 45.7 Å². The molecular weight excluding hydrogens is 1310 g/mol. The first-order valence-electron chi connectivity index (χ1n) is 34.0. The average molecular weight is 1420 g/mol. The third kappa shape index (κ3) is 22.5. The number of carbonyl (C=O) groups is 5. The van der Waals surface area contributed by atoms with Crippen molar-refractivity contribution in [2.45, 2.75) is 315 Å². The fraction of sp³-hybridized carbons (Fsp3) is 0.889. The maximum atomic E-state index is 13.4. The Morgan fingerprint density at radius 3 is 1.16 bits per heavy atom. The number of aliphatic hydroxyl groups excluding tert-OH is 13. The second-order valence-electron chi connectivity index (χ2n) is 25.9. The molecule has 35 heteroatoms. The van der Waals surface area contributed by atoms with Crippen LogP contribution in [-0.2, 0) is 80.8 Å². The van der Waals surface area contributed by atoms with Gasteiger partial charge in [0.2, 0.25) is 29.5 Å². The smallest absolute Gasteiger partial charge is 0.220 e. The molecule has 566 valence electrons. The van der Waals surface area contributed by atoms with Crippen LogP contribution >= 0.6 is 0 Å². The van der Waals surface area contributed by atoms with Gasteiger partial charge >= 0.3 is 0 Å². The summed E-state index contributed by atoms with van der Waals surface area (Å²) in [7, 11) is 1.21. The third-order valence-corrected chi connectivity index (χ3v) is 18.3. The number of unbranched alkanes of at least 4 members (excludes halogenated alkanes) is 11. The Morgan fingerprint density at radius 2 is 0.755 bits per heavy atom. The topological polar surface area (TPSA) is 519 Å². The van der Waals surface area contributed by atoms with E-state index in [-0.39, 0.29) is 6.42 Å². The Bertz CT molecular complexity index is 2450. The first-order chi connectivity index (χ1) is 46.7. The van der Waals surface area contributed by atoms with Crippen molar-refractivity contribution in [1.29, 1.82) is 0 Å². The molecule has 6 saturated heterocycles. The molecule has 6 heterocycles. The fourth-order valence-corrected chi connectivity index (χ4v) is 13.0. The Balaban J connectivity index is 1.15. The van der Waals surface area contributed by atoms with Crippen molar-refractivity contribution in [2.75, 3.05) is 40.1 Å². The van der Waals surface area contributed by atoms with Gasteiger partial charge in [-0.1, -0.05) is 70.4 Å². The first-order valence-corrected chi connectivity index (χ1v) is 34.0. The molecule has 12 unspecified atom stereocenters. The molecule has 35 nitrogen and oxygen atoms in total. The summed E-state index contributed by atoms with van der Waals surface area (Å²) in [6.45, 7) is 3.37.